The van der Waals surface area contributed by atoms with Gasteiger partial charge in [-0.2, -0.15) is 0 Å². The lowest BCUT2D eigenvalue weighted by molar-refractivity contribution is 0.102. The van der Waals surface area contributed by atoms with Gasteiger partial charge in [-0.05, 0) is 47.4 Å². The SMILES string of the molecule is CCc1ccc(Cc2cnc(NC(=O)c3ccc(OCc4ccccc4)cc3)s2)cc1. The molecule has 0 saturated carbocycles. The Labute approximate surface area is 186 Å². The van der Waals surface area contributed by atoms with Crippen LogP contribution in [0.5, 0.6) is 5.75 Å². The maximum atomic E-state index is 12.6. The molecule has 5 heteroatoms. The van der Waals surface area contributed by atoms with Gasteiger partial charge in [-0.3, -0.25) is 10.1 Å². The average Bonchev–Trinajstić information content (AvgIpc) is 3.25. The third-order valence-electron chi connectivity index (χ3n) is 4.95. The highest BCUT2D eigenvalue weighted by atomic mass is 32.1. The molecule has 1 aromatic heterocycles. The van der Waals surface area contributed by atoms with Crippen molar-refractivity contribution in [2.24, 2.45) is 0 Å². The third kappa shape index (κ3) is 5.80. The summed E-state index contributed by atoms with van der Waals surface area (Å²) in [4.78, 5) is 18.0. The number of benzene rings is 3. The van der Waals surface area contributed by atoms with Gasteiger partial charge in [0.25, 0.3) is 5.91 Å². The zero-order chi connectivity index (χ0) is 21.5. The van der Waals surface area contributed by atoms with Crippen LogP contribution in [0.15, 0.2) is 85.1 Å². The van der Waals surface area contributed by atoms with E-state index in [1.54, 1.807) is 12.1 Å². The zero-order valence-corrected chi connectivity index (χ0v) is 18.2. The molecule has 0 saturated heterocycles. The number of thiazole rings is 1. The molecule has 31 heavy (non-hydrogen) atoms. The molecule has 0 fully saturated rings. The minimum Gasteiger partial charge on any atom is -0.489 e. The first-order chi connectivity index (χ1) is 15.2. The van der Waals surface area contributed by atoms with Crippen molar-refractivity contribution in [3.05, 3.63) is 112 Å². The van der Waals surface area contributed by atoms with E-state index < -0.39 is 0 Å². The van der Waals surface area contributed by atoms with E-state index in [2.05, 4.69) is 41.5 Å². The van der Waals surface area contributed by atoms with Crippen LogP contribution in [-0.4, -0.2) is 10.9 Å². The van der Waals surface area contributed by atoms with Gasteiger partial charge in [0, 0.05) is 23.1 Å². The van der Waals surface area contributed by atoms with E-state index in [9.17, 15) is 4.79 Å². The van der Waals surface area contributed by atoms with Gasteiger partial charge < -0.3 is 4.74 Å². The summed E-state index contributed by atoms with van der Waals surface area (Å²) >= 11 is 1.50. The molecule has 0 aliphatic carbocycles. The first-order valence-corrected chi connectivity index (χ1v) is 11.1. The van der Waals surface area contributed by atoms with E-state index in [0.29, 0.717) is 17.3 Å². The molecule has 0 spiro atoms. The molecule has 156 valence electrons. The summed E-state index contributed by atoms with van der Waals surface area (Å²) in [6.45, 7) is 2.65. The number of aryl methyl sites for hydroxylation is 1. The number of ether oxygens (including phenoxy) is 1. The predicted octanol–water partition coefficient (Wildman–Crippen LogP) is 6.13. The van der Waals surface area contributed by atoms with Gasteiger partial charge in [0.05, 0.1) is 0 Å². The van der Waals surface area contributed by atoms with E-state index in [1.165, 1.54) is 22.5 Å². The molecule has 4 aromatic rings. The van der Waals surface area contributed by atoms with Crippen LogP contribution in [0.4, 0.5) is 5.13 Å². The van der Waals surface area contributed by atoms with Crippen molar-refractivity contribution in [2.45, 2.75) is 26.4 Å². The Morgan fingerprint density at radius 2 is 1.61 bits per heavy atom. The van der Waals surface area contributed by atoms with Gasteiger partial charge in [0.2, 0.25) is 0 Å². The number of nitrogens with zero attached hydrogens (tertiary/aromatic N) is 1. The van der Waals surface area contributed by atoms with E-state index in [0.717, 1.165) is 29.0 Å². The summed E-state index contributed by atoms with van der Waals surface area (Å²) in [5, 5.41) is 3.49. The van der Waals surface area contributed by atoms with Gasteiger partial charge in [-0.25, -0.2) is 4.98 Å². The van der Waals surface area contributed by atoms with E-state index in [4.69, 9.17) is 4.74 Å². The molecule has 0 bridgehead atoms. The fourth-order valence-corrected chi connectivity index (χ4v) is 4.00. The van der Waals surface area contributed by atoms with Crippen LogP contribution < -0.4 is 10.1 Å². The maximum absolute atomic E-state index is 12.6. The highest BCUT2D eigenvalue weighted by Crippen LogP contribution is 2.22. The second kappa shape index (κ2) is 10.0. The van der Waals surface area contributed by atoms with Gasteiger partial charge in [0.1, 0.15) is 12.4 Å². The quantitative estimate of drug-likeness (QED) is 0.367. The Morgan fingerprint density at radius 3 is 2.32 bits per heavy atom. The molecule has 1 amide bonds. The second-order valence-corrected chi connectivity index (χ2v) is 8.35. The van der Waals surface area contributed by atoms with Crippen molar-refractivity contribution in [2.75, 3.05) is 5.32 Å². The van der Waals surface area contributed by atoms with Crippen molar-refractivity contribution in [1.82, 2.24) is 4.98 Å². The van der Waals surface area contributed by atoms with Crippen LogP contribution >= 0.6 is 11.3 Å². The first-order valence-electron chi connectivity index (χ1n) is 10.3. The number of nitrogens with one attached hydrogen (secondary N) is 1. The van der Waals surface area contributed by atoms with Crippen LogP contribution in [0, 0.1) is 0 Å². The standard InChI is InChI=1S/C26H24N2O2S/c1-2-19-8-10-20(11-9-19)16-24-17-27-26(31-24)28-25(29)22-12-14-23(15-13-22)30-18-21-6-4-3-5-7-21/h3-15,17H,2,16,18H2,1H3,(H,27,28,29). The molecule has 3 aromatic carbocycles. The molecule has 0 aliphatic rings. The molecule has 4 rings (SSSR count). The van der Waals surface area contributed by atoms with Crippen LogP contribution in [0.3, 0.4) is 0 Å². The lowest BCUT2D eigenvalue weighted by Crippen LogP contribution is -2.11. The smallest absolute Gasteiger partial charge is 0.257 e. The minimum atomic E-state index is -0.178. The van der Waals surface area contributed by atoms with Gasteiger partial charge in [0.15, 0.2) is 5.13 Å². The number of rotatable bonds is 8. The second-order valence-electron chi connectivity index (χ2n) is 7.23. The average molecular weight is 429 g/mol. The number of hydrogen-bond acceptors (Lipinski definition) is 4. The topological polar surface area (TPSA) is 51.2 Å². The summed E-state index contributed by atoms with van der Waals surface area (Å²) in [6.07, 6.45) is 3.68. The Hall–Kier alpha value is -3.44. The van der Waals surface area contributed by atoms with Crippen molar-refractivity contribution < 1.29 is 9.53 Å². The Bertz CT molecular complexity index is 1120. The molecule has 0 atom stereocenters. The highest BCUT2D eigenvalue weighted by molar-refractivity contribution is 7.15. The Balaban J connectivity index is 1.31. The van der Waals surface area contributed by atoms with Crippen LogP contribution in [0.2, 0.25) is 0 Å². The van der Waals surface area contributed by atoms with Gasteiger partial charge in [-0.1, -0.05) is 61.5 Å². The molecule has 1 heterocycles. The molecule has 1 N–H and O–H groups in total. The molecule has 0 radical (unpaired) electrons. The summed E-state index contributed by atoms with van der Waals surface area (Å²) in [6, 6.07) is 25.8. The number of aromatic nitrogens is 1. The largest absolute Gasteiger partial charge is 0.489 e. The van der Waals surface area contributed by atoms with Crippen LogP contribution in [-0.2, 0) is 19.4 Å². The number of carbonyl (C=O) groups excluding carboxylic acids is 1. The maximum Gasteiger partial charge on any atom is 0.257 e. The molecule has 0 unspecified atom stereocenters. The fraction of sp³-hybridized carbons (Fsp3) is 0.154. The predicted molar refractivity (Wildman–Crippen MR) is 126 cm³/mol. The van der Waals surface area contributed by atoms with Crippen molar-refractivity contribution >= 4 is 22.4 Å². The highest BCUT2D eigenvalue weighted by Gasteiger charge is 2.10. The monoisotopic (exact) mass is 428 g/mol. The molecule has 4 nitrogen and oxygen atoms in total. The van der Waals surface area contributed by atoms with Gasteiger partial charge in [-0.15, -0.1) is 11.3 Å². The summed E-state index contributed by atoms with van der Waals surface area (Å²) < 4.78 is 5.78. The Morgan fingerprint density at radius 1 is 0.903 bits per heavy atom. The molecular formula is C26H24N2O2S. The van der Waals surface area contributed by atoms with Crippen molar-refractivity contribution in [3.8, 4) is 5.75 Å². The first kappa shape index (κ1) is 20.8. The zero-order valence-electron chi connectivity index (χ0n) is 17.4. The number of carbonyl (C=O) groups is 1. The summed E-state index contributed by atoms with van der Waals surface area (Å²) in [5.74, 6) is 0.550. The van der Waals surface area contributed by atoms with Crippen molar-refractivity contribution in [3.63, 3.8) is 0 Å². The van der Waals surface area contributed by atoms with Crippen molar-refractivity contribution in [1.29, 1.82) is 0 Å². The number of hydrogen-bond donors (Lipinski definition) is 1. The molecule has 0 aliphatic heterocycles. The number of anilines is 1. The normalized spacial score (nSPS) is 10.6. The summed E-state index contributed by atoms with van der Waals surface area (Å²) in [5.41, 5.74) is 4.24. The summed E-state index contributed by atoms with van der Waals surface area (Å²) in [7, 11) is 0. The molecular weight excluding hydrogens is 404 g/mol. The third-order valence-corrected chi connectivity index (χ3v) is 5.86. The Kier molecular flexibility index (Phi) is 6.75. The van der Waals surface area contributed by atoms with Crippen LogP contribution in [0.1, 0.15) is 38.8 Å². The lowest BCUT2D eigenvalue weighted by Gasteiger charge is -2.07. The fourth-order valence-electron chi connectivity index (χ4n) is 3.15. The lowest BCUT2D eigenvalue weighted by atomic mass is 10.1. The van der Waals surface area contributed by atoms with E-state index in [1.807, 2.05) is 48.7 Å². The minimum absolute atomic E-state index is 0.178. The van der Waals surface area contributed by atoms with E-state index >= 15 is 0 Å². The van der Waals surface area contributed by atoms with Gasteiger partial charge >= 0.3 is 0 Å². The van der Waals surface area contributed by atoms with Crippen LogP contribution in [0.25, 0.3) is 0 Å². The number of amides is 1. The van der Waals surface area contributed by atoms with E-state index in [-0.39, 0.29) is 5.91 Å².